The third-order valence-corrected chi connectivity index (χ3v) is 4.05. The predicted molar refractivity (Wildman–Crippen MR) is 82.5 cm³/mol. The van der Waals surface area contributed by atoms with Crippen molar-refractivity contribution in [3.05, 3.63) is 12.7 Å². The first-order chi connectivity index (χ1) is 10.7. The Balaban J connectivity index is 1.96. The van der Waals surface area contributed by atoms with Crippen LogP contribution in [0.4, 0.5) is 9.59 Å². The van der Waals surface area contributed by atoms with E-state index in [2.05, 4.69) is 12.6 Å². The van der Waals surface area contributed by atoms with Gasteiger partial charge in [0.05, 0.1) is 12.0 Å². The molecule has 0 aromatic rings. The molecule has 0 aliphatic carbocycles. The van der Waals surface area contributed by atoms with E-state index in [1.807, 2.05) is 20.8 Å². The second-order valence-electron chi connectivity index (χ2n) is 7.13. The monoisotopic (exact) mass is 321 g/mol. The highest BCUT2D eigenvalue weighted by Crippen LogP contribution is 2.44. The molecule has 0 aromatic carbocycles. The maximum atomic E-state index is 12.0. The Morgan fingerprint density at radius 3 is 2.43 bits per heavy atom. The summed E-state index contributed by atoms with van der Waals surface area (Å²) in [6.07, 6.45) is 0.671. The lowest BCUT2D eigenvalue weighted by Gasteiger charge is -2.48. The lowest BCUT2D eigenvalue weighted by atomic mass is 9.72. The number of likely N-dealkylation sites (tertiary alicyclic amines) is 2. The summed E-state index contributed by atoms with van der Waals surface area (Å²) in [5, 5.41) is 9.37. The molecule has 0 N–H and O–H groups in total. The summed E-state index contributed by atoms with van der Waals surface area (Å²) in [4.78, 5) is 27.1. The number of hydrogen-bond acceptors (Lipinski definition) is 5. The van der Waals surface area contributed by atoms with Crippen molar-refractivity contribution in [2.75, 3.05) is 32.8 Å². The Morgan fingerprint density at radius 2 is 1.91 bits per heavy atom. The minimum atomic E-state index is -0.551. The lowest BCUT2D eigenvalue weighted by molar-refractivity contribution is -0.0382. The van der Waals surface area contributed by atoms with E-state index >= 15 is 0 Å². The van der Waals surface area contributed by atoms with Crippen molar-refractivity contribution in [2.45, 2.75) is 26.4 Å². The Hall–Kier alpha value is -2.23. The highest BCUT2D eigenvalue weighted by molar-refractivity contribution is 5.71. The Kier molecular flexibility index (Phi) is 4.55. The Labute approximate surface area is 136 Å². The van der Waals surface area contributed by atoms with E-state index in [1.54, 1.807) is 4.90 Å². The van der Waals surface area contributed by atoms with Crippen LogP contribution >= 0.6 is 0 Å². The smallest absolute Gasteiger partial charge is 0.410 e. The van der Waals surface area contributed by atoms with Gasteiger partial charge in [-0.2, -0.15) is 5.26 Å². The first-order valence-electron chi connectivity index (χ1n) is 7.61. The Morgan fingerprint density at radius 1 is 1.30 bits per heavy atom. The SMILES string of the molecule is C=CCOC(=O)N1C[C@@H](C#N)C2(C1)CN(C(=O)OC(C)(C)C)C2. The molecular weight excluding hydrogens is 298 g/mol. The topological polar surface area (TPSA) is 82.9 Å². The van der Waals surface area contributed by atoms with Crippen LogP contribution < -0.4 is 0 Å². The van der Waals surface area contributed by atoms with Crippen molar-refractivity contribution in [1.82, 2.24) is 9.80 Å². The molecule has 2 aliphatic rings. The van der Waals surface area contributed by atoms with Gasteiger partial charge in [0.1, 0.15) is 12.2 Å². The second-order valence-corrected chi connectivity index (χ2v) is 7.13. The molecular formula is C16H23N3O4. The van der Waals surface area contributed by atoms with E-state index in [9.17, 15) is 14.9 Å². The molecule has 2 saturated heterocycles. The van der Waals surface area contributed by atoms with Gasteiger partial charge in [-0.3, -0.25) is 0 Å². The molecule has 0 unspecified atom stereocenters. The molecule has 7 heteroatoms. The highest BCUT2D eigenvalue weighted by Gasteiger charge is 2.57. The normalized spacial score (nSPS) is 22.3. The summed E-state index contributed by atoms with van der Waals surface area (Å²) < 4.78 is 10.4. The molecule has 2 aliphatic heterocycles. The molecule has 23 heavy (non-hydrogen) atoms. The Bertz CT molecular complexity index is 541. The molecule has 1 spiro atoms. The molecule has 7 nitrogen and oxygen atoms in total. The molecule has 0 bridgehead atoms. The number of rotatable bonds is 2. The van der Waals surface area contributed by atoms with Crippen molar-refractivity contribution < 1.29 is 19.1 Å². The van der Waals surface area contributed by atoms with Crippen LogP contribution in [-0.2, 0) is 9.47 Å². The van der Waals surface area contributed by atoms with E-state index in [1.165, 1.54) is 11.0 Å². The first kappa shape index (κ1) is 17.1. The maximum absolute atomic E-state index is 12.0. The molecule has 2 rings (SSSR count). The average Bonchev–Trinajstić information content (AvgIpc) is 2.80. The van der Waals surface area contributed by atoms with Gasteiger partial charge in [-0.15, -0.1) is 0 Å². The third-order valence-electron chi connectivity index (χ3n) is 4.05. The number of nitriles is 1. The van der Waals surface area contributed by atoms with Crippen LogP contribution in [0.1, 0.15) is 20.8 Å². The summed E-state index contributed by atoms with van der Waals surface area (Å²) in [6.45, 7) is 10.7. The van der Waals surface area contributed by atoms with Gasteiger partial charge in [0, 0.05) is 31.6 Å². The van der Waals surface area contributed by atoms with Crippen molar-refractivity contribution in [1.29, 1.82) is 5.26 Å². The first-order valence-corrected chi connectivity index (χ1v) is 7.61. The van der Waals surface area contributed by atoms with Crippen LogP contribution in [0.15, 0.2) is 12.7 Å². The van der Waals surface area contributed by atoms with Crippen LogP contribution in [0, 0.1) is 22.7 Å². The zero-order chi connectivity index (χ0) is 17.3. The van der Waals surface area contributed by atoms with Gasteiger partial charge < -0.3 is 19.3 Å². The van der Waals surface area contributed by atoms with Crippen molar-refractivity contribution >= 4 is 12.2 Å². The van der Waals surface area contributed by atoms with Gasteiger partial charge in [0.2, 0.25) is 0 Å². The number of carbonyl (C=O) groups excluding carboxylic acids is 2. The minimum Gasteiger partial charge on any atom is -0.445 e. The minimum absolute atomic E-state index is 0.142. The molecule has 0 aromatic heterocycles. The van der Waals surface area contributed by atoms with Crippen molar-refractivity contribution in [3.63, 3.8) is 0 Å². The quantitative estimate of drug-likeness (QED) is 0.726. The number of carbonyl (C=O) groups is 2. The van der Waals surface area contributed by atoms with Crippen LogP contribution in [-0.4, -0.2) is 60.4 Å². The molecule has 126 valence electrons. The van der Waals surface area contributed by atoms with Crippen LogP contribution in [0.2, 0.25) is 0 Å². The molecule has 2 fully saturated rings. The maximum Gasteiger partial charge on any atom is 0.410 e. The average molecular weight is 321 g/mol. The lowest BCUT2D eigenvalue weighted by Crippen LogP contribution is -2.62. The van der Waals surface area contributed by atoms with Gasteiger partial charge >= 0.3 is 12.2 Å². The molecule has 0 radical (unpaired) electrons. The summed E-state index contributed by atoms with van der Waals surface area (Å²) in [5.41, 5.74) is -0.927. The molecule has 0 saturated carbocycles. The highest BCUT2D eigenvalue weighted by atomic mass is 16.6. The van der Waals surface area contributed by atoms with E-state index in [0.29, 0.717) is 26.2 Å². The fourth-order valence-corrected chi connectivity index (χ4v) is 3.00. The number of hydrogen-bond donors (Lipinski definition) is 0. The summed E-state index contributed by atoms with van der Waals surface area (Å²) in [5.74, 6) is -0.308. The van der Waals surface area contributed by atoms with Gasteiger partial charge in [0.25, 0.3) is 0 Å². The number of ether oxygens (including phenoxy) is 2. The number of amides is 2. The van der Waals surface area contributed by atoms with Gasteiger partial charge in [-0.1, -0.05) is 12.7 Å². The third kappa shape index (κ3) is 3.58. The molecule has 2 heterocycles. The van der Waals surface area contributed by atoms with Gasteiger partial charge in [-0.25, -0.2) is 9.59 Å². The predicted octanol–water partition coefficient (Wildman–Crippen LogP) is 2.00. The van der Waals surface area contributed by atoms with Crippen molar-refractivity contribution in [2.24, 2.45) is 11.3 Å². The van der Waals surface area contributed by atoms with Gasteiger partial charge in [0.15, 0.2) is 0 Å². The molecule has 2 amide bonds. The molecule has 1 atom stereocenters. The summed E-state index contributed by atoms with van der Waals surface area (Å²) in [7, 11) is 0. The van der Waals surface area contributed by atoms with Crippen LogP contribution in [0.5, 0.6) is 0 Å². The second kappa shape index (κ2) is 6.11. The van der Waals surface area contributed by atoms with E-state index < -0.39 is 11.7 Å². The van der Waals surface area contributed by atoms with E-state index in [0.717, 1.165) is 0 Å². The van der Waals surface area contributed by atoms with E-state index in [4.69, 9.17) is 9.47 Å². The summed E-state index contributed by atoms with van der Waals surface area (Å²) in [6, 6.07) is 2.26. The zero-order valence-corrected chi connectivity index (χ0v) is 13.9. The fraction of sp³-hybridized carbons (Fsp3) is 0.688. The van der Waals surface area contributed by atoms with Gasteiger partial charge in [-0.05, 0) is 20.8 Å². The van der Waals surface area contributed by atoms with Crippen molar-refractivity contribution in [3.8, 4) is 6.07 Å². The standard InChI is InChI=1S/C16H23N3O4/c1-5-6-22-13(20)18-8-12(7-17)16(9-18)10-19(11-16)14(21)23-15(2,3)4/h5,12H,1,6,8-11H2,2-4H3/t12-/m1/s1. The van der Waals surface area contributed by atoms with Crippen LogP contribution in [0.3, 0.4) is 0 Å². The summed E-state index contributed by atoms with van der Waals surface area (Å²) >= 11 is 0. The van der Waals surface area contributed by atoms with E-state index in [-0.39, 0.29) is 24.0 Å². The zero-order valence-electron chi connectivity index (χ0n) is 13.9. The van der Waals surface area contributed by atoms with Crippen LogP contribution in [0.25, 0.3) is 0 Å². The largest absolute Gasteiger partial charge is 0.445 e. The number of nitrogens with zero attached hydrogens (tertiary/aromatic N) is 3. The fourth-order valence-electron chi connectivity index (χ4n) is 3.00.